The van der Waals surface area contributed by atoms with Gasteiger partial charge in [0.2, 0.25) is 0 Å². The lowest BCUT2D eigenvalue weighted by atomic mass is 10.2. The topological polar surface area (TPSA) is 44.8 Å². The molecule has 0 amide bonds. The molecule has 0 aliphatic heterocycles. The van der Waals surface area contributed by atoms with Crippen LogP contribution in [0.3, 0.4) is 0 Å². The molecule has 164 valence electrons. The van der Waals surface area contributed by atoms with Crippen LogP contribution in [-0.4, -0.2) is 25.8 Å². The summed E-state index contributed by atoms with van der Waals surface area (Å²) in [6, 6.07) is 11.0. The van der Waals surface area contributed by atoms with E-state index in [0.29, 0.717) is 35.3 Å². The Morgan fingerprint density at radius 3 is 2.30 bits per heavy atom. The molecule has 30 heavy (non-hydrogen) atoms. The quantitative estimate of drug-likeness (QED) is 0.239. The van der Waals surface area contributed by atoms with E-state index in [-0.39, 0.29) is 14.1 Å². The van der Waals surface area contributed by atoms with Gasteiger partial charge in [-0.2, -0.15) is 0 Å². The molecular formula is C24H32ClO4P. The standard InChI is InChI=1S/C24H32ClO4P/c1-4-6-8-15-28-18-13-14-22(21(17-18)29-16-9-7-5-2)30-24(26)23-19(25)11-10-12-20(23)27-3/h10-14,17,30H,4-9,15-16H2,1-3H3. The number of rotatable bonds is 14. The first-order valence-corrected chi connectivity index (χ1v) is 12.0. The molecule has 2 rings (SSSR count). The minimum atomic E-state index is -0.123. The van der Waals surface area contributed by atoms with Gasteiger partial charge in [0.25, 0.3) is 0 Å². The van der Waals surface area contributed by atoms with Crippen LogP contribution in [0.1, 0.15) is 62.7 Å². The highest BCUT2D eigenvalue weighted by atomic mass is 35.5. The molecule has 0 aromatic heterocycles. The normalized spacial score (nSPS) is 11.1. The summed E-state index contributed by atoms with van der Waals surface area (Å²) in [6.07, 6.45) is 6.55. The van der Waals surface area contributed by atoms with E-state index in [0.717, 1.165) is 49.6 Å². The van der Waals surface area contributed by atoms with Gasteiger partial charge in [-0.15, -0.1) is 0 Å². The molecule has 0 saturated heterocycles. The van der Waals surface area contributed by atoms with E-state index < -0.39 is 0 Å². The van der Waals surface area contributed by atoms with Crippen molar-refractivity contribution < 1.29 is 19.0 Å². The molecule has 0 aliphatic rings. The maximum atomic E-state index is 13.0. The smallest absolute Gasteiger partial charge is 0.190 e. The Hall–Kier alpha value is -1.77. The molecule has 2 aromatic rings. The van der Waals surface area contributed by atoms with Crippen molar-refractivity contribution in [2.75, 3.05) is 20.3 Å². The van der Waals surface area contributed by atoms with E-state index in [1.54, 1.807) is 25.3 Å². The molecule has 2 aromatic carbocycles. The van der Waals surface area contributed by atoms with Gasteiger partial charge in [0.15, 0.2) is 5.52 Å². The van der Waals surface area contributed by atoms with E-state index in [2.05, 4.69) is 13.8 Å². The lowest BCUT2D eigenvalue weighted by Gasteiger charge is -2.15. The first-order chi connectivity index (χ1) is 14.6. The fraction of sp³-hybridized carbons (Fsp3) is 0.458. The third kappa shape index (κ3) is 7.49. The maximum Gasteiger partial charge on any atom is 0.190 e. The molecule has 0 radical (unpaired) electrons. The van der Waals surface area contributed by atoms with Crippen molar-refractivity contribution in [3.05, 3.63) is 47.0 Å². The van der Waals surface area contributed by atoms with Crippen LogP contribution in [0.5, 0.6) is 17.2 Å². The van der Waals surface area contributed by atoms with Gasteiger partial charge in [0.05, 0.1) is 30.9 Å². The van der Waals surface area contributed by atoms with E-state index in [9.17, 15) is 4.79 Å². The number of carbonyl (C=O) groups excluding carboxylic acids is 1. The number of methoxy groups -OCH3 is 1. The second-order valence-electron chi connectivity index (χ2n) is 7.04. The van der Waals surface area contributed by atoms with Crippen molar-refractivity contribution in [1.82, 2.24) is 0 Å². The molecule has 1 atom stereocenters. The third-order valence-electron chi connectivity index (χ3n) is 4.65. The van der Waals surface area contributed by atoms with Crippen molar-refractivity contribution in [2.24, 2.45) is 0 Å². The highest BCUT2D eigenvalue weighted by Gasteiger charge is 2.19. The SMILES string of the molecule is CCCCCOc1ccc(PC(=O)c2c(Cl)cccc2OC)c(OCCCCC)c1. The van der Waals surface area contributed by atoms with Crippen LogP contribution in [0.15, 0.2) is 36.4 Å². The van der Waals surface area contributed by atoms with Gasteiger partial charge < -0.3 is 14.2 Å². The largest absolute Gasteiger partial charge is 0.496 e. The Morgan fingerprint density at radius 2 is 1.63 bits per heavy atom. The van der Waals surface area contributed by atoms with Gasteiger partial charge in [-0.05, 0) is 45.7 Å². The van der Waals surface area contributed by atoms with Crippen LogP contribution in [0.2, 0.25) is 5.02 Å². The average molecular weight is 451 g/mol. The molecule has 0 aliphatic carbocycles. The van der Waals surface area contributed by atoms with Crippen LogP contribution in [-0.2, 0) is 0 Å². The summed E-state index contributed by atoms with van der Waals surface area (Å²) in [7, 11) is 1.42. The lowest BCUT2D eigenvalue weighted by molar-refractivity contribution is 0.108. The summed E-state index contributed by atoms with van der Waals surface area (Å²) in [6.45, 7) is 5.63. The molecule has 0 heterocycles. The maximum absolute atomic E-state index is 13.0. The Kier molecular flexibility index (Phi) is 11.0. The van der Waals surface area contributed by atoms with Crippen molar-refractivity contribution in [3.63, 3.8) is 0 Å². The monoisotopic (exact) mass is 450 g/mol. The van der Waals surface area contributed by atoms with Crippen molar-refractivity contribution >= 4 is 31.0 Å². The van der Waals surface area contributed by atoms with Crippen LogP contribution in [0.25, 0.3) is 0 Å². The van der Waals surface area contributed by atoms with Gasteiger partial charge in [0, 0.05) is 11.4 Å². The molecule has 0 N–H and O–H groups in total. The summed E-state index contributed by atoms with van der Waals surface area (Å²) in [5.41, 5.74) is 0.337. The van der Waals surface area contributed by atoms with Crippen molar-refractivity contribution in [2.45, 2.75) is 52.4 Å². The second-order valence-corrected chi connectivity index (χ2v) is 8.69. The zero-order valence-corrected chi connectivity index (χ0v) is 19.9. The van der Waals surface area contributed by atoms with Crippen molar-refractivity contribution in [1.29, 1.82) is 0 Å². The highest BCUT2D eigenvalue weighted by Crippen LogP contribution is 2.34. The van der Waals surface area contributed by atoms with Crippen LogP contribution in [0, 0.1) is 0 Å². The molecule has 6 heteroatoms. The van der Waals surface area contributed by atoms with Gasteiger partial charge >= 0.3 is 0 Å². The zero-order chi connectivity index (χ0) is 21.8. The van der Waals surface area contributed by atoms with Crippen LogP contribution >= 0.6 is 20.2 Å². The minimum absolute atomic E-state index is 0.0764. The summed E-state index contributed by atoms with van der Waals surface area (Å²) in [4.78, 5) is 13.0. The molecule has 0 bridgehead atoms. The first kappa shape index (κ1) is 24.5. The Morgan fingerprint density at radius 1 is 0.933 bits per heavy atom. The predicted octanol–water partition coefficient (Wildman–Crippen LogP) is 6.63. The molecule has 4 nitrogen and oxygen atoms in total. The Bertz CT molecular complexity index is 810. The number of halogens is 1. The van der Waals surface area contributed by atoms with E-state index >= 15 is 0 Å². The van der Waals surface area contributed by atoms with E-state index in [1.165, 1.54) is 0 Å². The predicted molar refractivity (Wildman–Crippen MR) is 127 cm³/mol. The molecule has 1 unspecified atom stereocenters. The number of unbranched alkanes of at least 4 members (excludes halogenated alkanes) is 4. The summed E-state index contributed by atoms with van der Waals surface area (Å²) >= 11 is 6.29. The minimum Gasteiger partial charge on any atom is -0.496 e. The first-order valence-electron chi connectivity index (χ1n) is 10.6. The number of benzene rings is 2. The van der Waals surface area contributed by atoms with Gasteiger partial charge in [-0.25, -0.2) is 0 Å². The fourth-order valence-corrected chi connectivity index (χ4v) is 4.36. The zero-order valence-electron chi connectivity index (χ0n) is 18.1. The average Bonchev–Trinajstić information content (AvgIpc) is 2.75. The van der Waals surface area contributed by atoms with E-state index in [1.807, 2.05) is 18.2 Å². The Balaban J connectivity index is 2.18. The number of ether oxygens (including phenoxy) is 3. The van der Waals surface area contributed by atoms with Gasteiger partial charge in [-0.1, -0.05) is 57.2 Å². The van der Waals surface area contributed by atoms with Crippen molar-refractivity contribution in [3.8, 4) is 17.2 Å². The summed E-state index contributed by atoms with van der Waals surface area (Å²) < 4.78 is 17.3. The fourth-order valence-electron chi connectivity index (χ4n) is 2.97. The number of carbonyl (C=O) groups is 1. The molecule has 0 saturated carbocycles. The molecular weight excluding hydrogens is 419 g/mol. The molecule has 0 spiro atoms. The number of hydrogen-bond acceptors (Lipinski definition) is 4. The van der Waals surface area contributed by atoms with E-state index in [4.69, 9.17) is 25.8 Å². The highest BCUT2D eigenvalue weighted by molar-refractivity contribution is 7.66. The summed E-state index contributed by atoms with van der Waals surface area (Å²) in [5.74, 6) is 1.96. The summed E-state index contributed by atoms with van der Waals surface area (Å²) in [5, 5.41) is 1.24. The third-order valence-corrected chi connectivity index (χ3v) is 6.12. The Labute approximate surface area is 187 Å². The number of hydrogen-bond donors (Lipinski definition) is 0. The molecule has 0 fully saturated rings. The van der Waals surface area contributed by atoms with Gasteiger partial charge in [-0.3, -0.25) is 4.79 Å². The van der Waals surface area contributed by atoms with Crippen LogP contribution < -0.4 is 19.5 Å². The van der Waals surface area contributed by atoms with Gasteiger partial charge in [0.1, 0.15) is 17.2 Å². The lowest BCUT2D eigenvalue weighted by Crippen LogP contribution is -2.10. The van der Waals surface area contributed by atoms with Crippen LogP contribution in [0.4, 0.5) is 0 Å². The second kappa shape index (κ2) is 13.5.